The number of nitrogens with zero attached hydrogens (tertiary/aromatic N) is 3. The topological polar surface area (TPSA) is 83.6 Å². The average Bonchev–Trinajstić information content (AvgIpc) is 3.33. The molecule has 0 spiro atoms. The van der Waals surface area contributed by atoms with Crippen LogP contribution in [0, 0.1) is 6.92 Å². The fourth-order valence-electron chi connectivity index (χ4n) is 3.25. The number of thiazole rings is 1. The summed E-state index contributed by atoms with van der Waals surface area (Å²) in [5.74, 6) is -0.0731. The zero-order valence-corrected chi connectivity index (χ0v) is 16.8. The van der Waals surface area contributed by atoms with Gasteiger partial charge >= 0.3 is 0 Å². The molecule has 3 heterocycles. The van der Waals surface area contributed by atoms with Crippen molar-refractivity contribution in [3.05, 3.63) is 64.9 Å². The predicted molar refractivity (Wildman–Crippen MR) is 112 cm³/mol. The van der Waals surface area contributed by atoms with Crippen molar-refractivity contribution in [3.8, 4) is 10.6 Å². The summed E-state index contributed by atoms with van der Waals surface area (Å²) in [6.45, 7) is 6.78. The molecule has 0 fully saturated rings. The van der Waals surface area contributed by atoms with Crippen molar-refractivity contribution < 1.29 is 4.79 Å². The summed E-state index contributed by atoms with van der Waals surface area (Å²) in [5.41, 5.74) is 3.12. The maximum atomic E-state index is 12.4. The van der Waals surface area contributed by atoms with Crippen molar-refractivity contribution in [2.24, 2.45) is 0 Å². The number of pyridine rings is 1. The number of aromatic amines is 1. The van der Waals surface area contributed by atoms with E-state index in [9.17, 15) is 4.79 Å². The van der Waals surface area contributed by atoms with Crippen LogP contribution in [0.25, 0.3) is 21.6 Å². The van der Waals surface area contributed by atoms with Gasteiger partial charge in [0.15, 0.2) is 5.65 Å². The first-order valence-corrected chi connectivity index (χ1v) is 9.87. The van der Waals surface area contributed by atoms with Crippen LogP contribution in [-0.2, 0) is 5.41 Å². The van der Waals surface area contributed by atoms with E-state index in [-0.39, 0.29) is 11.3 Å². The van der Waals surface area contributed by atoms with Gasteiger partial charge in [0.05, 0.1) is 11.9 Å². The van der Waals surface area contributed by atoms with Gasteiger partial charge in [-0.2, -0.15) is 5.10 Å². The van der Waals surface area contributed by atoms with Gasteiger partial charge < -0.3 is 5.32 Å². The Hall–Kier alpha value is -3.06. The summed E-state index contributed by atoms with van der Waals surface area (Å²) in [6, 6.07) is 11.2. The van der Waals surface area contributed by atoms with E-state index >= 15 is 0 Å². The standard InChI is InChI=1S/C21H21N5OS/c1-13-17(21(2,3)12-23-19(27)14-7-5-4-6-8-14)25-20(28-13)15-9-10-22-18-16(15)11-24-26-18/h4-11H,12H2,1-3H3,(H,23,27)(H,22,24,26). The Balaban J connectivity index is 1.58. The van der Waals surface area contributed by atoms with Crippen LogP contribution in [0.2, 0.25) is 0 Å². The molecule has 4 rings (SSSR count). The SMILES string of the molecule is Cc1sc(-c2ccnc3[nH]ncc23)nc1C(C)(C)CNC(=O)c1ccccc1. The van der Waals surface area contributed by atoms with Gasteiger partial charge in [-0.25, -0.2) is 9.97 Å². The molecule has 4 aromatic rings. The smallest absolute Gasteiger partial charge is 0.251 e. The van der Waals surface area contributed by atoms with Gasteiger partial charge in [-0.1, -0.05) is 32.0 Å². The number of amides is 1. The number of benzene rings is 1. The number of rotatable bonds is 5. The zero-order chi connectivity index (χ0) is 19.7. The van der Waals surface area contributed by atoms with E-state index in [1.54, 1.807) is 23.7 Å². The molecule has 0 aliphatic heterocycles. The fourth-order valence-corrected chi connectivity index (χ4v) is 4.39. The second-order valence-corrected chi connectivity index (χ2v) is 8.55. The summed E-state index contributed by atoms with van der Waals surface area (Å²) in [5, 5.41) is 11.9. The predicted octanol–water partition coefficient (Wildman–Crippen LogP) is 4.10. The monoisotopic (exact) mass is 391 g/mol. The fraction of sp³-hybridized carbons (Fsp3) is 0.238. The van der Waals surface area contributed by atoms with Crippen molar-refractivity contribution in [1.29, 1.82) is 0 Å². The van der Waals surface area contributed by atoms with Gasteiger partial charge in [0.25, 0.3) is 5.91 Å². The van der Waals surface area contributed by atoms with Crippen LogP contribution >= 0.6 is 11.3 Å². The number of nitrogens with one attached hydrogen (secondary N) is 2. The highest BCUT2D eigenvalue weighted by Gasteiger charge is 2.28. The zero-order valence-electron chi connectivity index (χ0n) is 16.0. The lowest BCUT2D eigenvalue weighted by molar-refractivity contribution is 0.0945. The molecular formula is C21H21N5OS. The van der Waals surface area contributed by atoms with Crippen LogP contribution in [0.4, 0.5) is 0 Å². The molecule has 28 heavy (non-hydrogen) atoms. The highest BCUT2D eigenvalue weighted by Crippen LogP contribution is 2.36. The number of aromatic nitrogens is 4. The van der Waals surface area contributed by atoms with Crippen molar-refractivity contribution in [1.82, 2.24) is 25.5 Å². The molecule has 0 saturated carbocycles. The summed E-state index contributed by atoms with van der Waals surface area (Å²) in [4.78, 5) is 22.8. The van der Waals surface area contributed by atoms with E-state index in [0.717, 1.165) is 32.2 Å². The largest absolute Gasteiger partial charge is 0.351 e. The number of hydrogen-bond acceptors (Lipinski definition) is 5. The maximum absolute atomic E-state index is 12.4. The van der Waals surface area contributed by atoms with Gasteiger partial charge in [0.2, 0.25) is 0 Å². The second kappa shape index (κ2) is 7.16. The Morgan fingerprint density at radius 3 is 2.79 bits per heavy atom. The van der Waals surface area contributed by atoms with Crippen LogP contribution in [0.1, 0.15) is 34.8 Å². The highest BCUT2D eigenvalue weighted by molar-refractivity contribution is 7.15. The number of H-pyrrole nitrogens is 1. The van der Waals surface area contributed by atoms with Crippen LogP contribution in [-0.4, -0.2) is 32.6 Å². The third-order valence-electron chi connectivity index (χ3n) is 4.75. The Morgan fingerprint density at radius 2 is 2.00 bits per heavy atom. The Bertz CT molecular complexity index is 1130. The van der Waals surface area contributed by atoms with Crippen LogP contribution < -0.4 is 5.32 Å². The first-order valence-electron chi connectivity index (χ1n) is 9.05. The van der Waals surface area contributed by atoms with E-state index in [1.807, 2.05) is 36.4 Å². The van der Waals surface area contributed by atoms with Gasteiger partial charge in [-0.15, -0.1) is 11.3 Å². The molecule has 6 nitrogen and oxygen atoms in total. The molecule has 1 amide bonds. The Kier molecular flexibility index (Phi) is 4.68. The van der Waals surface area contributed by atoms with Crippen LogP contribution in [0.15, 0.2) is 48.8 Å². The lowest BCUT2D eigenvalue weighted by atomic mass is 9.88. The van der Waals surface area contributed by atoms with Crippen LogP contribution in [0.5, 0.6) is 0 Å². The minimum absolute atomic E-state index is 0.0731. The van der Waals surface area contributed by atoms with E-state index in [2.05, 4.69) is 41.3 Å². The number of fused-ring (bicyclic) bond motifs is 1. The number of hydrogen-bond donors (Lipinski definition) is 2. The number of carbonyl (C=O) groups is 1. The van der Waals surface area contributed by atoms with Crippen LogP contribution in [0.3, 0.4) is 0 Å². The molecule has 142 valence electrons. The molecule has 3 aromatic heterocycles. The minimum atomic E-state index is -0.300. The van der Waals surface area contributed by atoms with Crippen molar-refractivity contribution in [2.45, 2.75) is 26.2 Å². The van der Waals surface area contributed by atoms with E-state index < -0.39 is 0 Å². The van der Waals surface area contributed by atoms with Crippen molar-refractivity contribution in [2.75, 3.05) is 6.54 Å². The second-order valence-electron chi connectivity index (χ2n) is 7.35. The molecule has 0 bridgehead atoms. The summed E-state index contributed by atoms with van der Waals surface area (Å²) in [6.07, 6.45) is 3.54. The first kappa shape index (κ1) is 18.3. The Morgan fingerprint density at radius 1 is 1.21 bits per heavy atom. The maximum Gasteiger partial charge on any atom is 0.251 e. The molecule has 0 unspecified atom stereocenters. The molecule has 7 heteroatoms. The summed E-state index contributed by atoms with van der Waals surface area (Å²) < 4.78 is 0. The van der Waals surface area contributed by atoms with Gasteiger partial charge in [0, 0.05) is 39.5 Å². The minimum Gasteiger partial charge on any atom is -0.351 e. The number of aryl methyl sites for hydroxylation is 1. The Labute approximate surface area is 167 Å². The number of carbonyl (C=O) groups excluding carboxylic acids is 1. The highest BCUT2D eigenvalue weighted by atomic mass is 32.1. The molecule has 0 saturated heterocycles. The van der Waals surface area contributed by atoms with E-state index in [1.165, 1.54) is 0 Å². The van der Waals surface area contributed by atoms with Gasteiger partial charge in [0.1, 0.15) is 5.01 Å². The summed E-state index contributed by atoms with van der Waals surface area (Å²) >= 11 is 1.65. The first-order chi connectivity index (χ1) is 13.5. The van der Waals surface area contributed by atoms with Gasteiger partial charge in [-0.05, 0) is 25.1 Å². The molecule has 0 aliphatic carbocycles. The molecule has 0 atom stereocenters. The molecule has 2 N–H and O–H groups in total. The molecule has 0 radical (unpaired) electrons. The van der Waals surface area contributed by atoms with E-state index in [0.29, 0.717) is 12.1 Å². The lowest BCUT2D eigenvalue weighted by Gasteiger charge is -2.24. The third kappa shape index (κ3) is 3.41. The molecule has 0 aliphatic rings. The van der Waals surface area contributed by atoms with Gasteiger partial charge in [-0.3, -0.25) is 9.89 Å². The lowest BCUT2D eigenvalue weighted by Crippen LogP contribution is -2.37. The van der Waals surface area contributed by atoms with E-state index in [4.69, 9.17) is 4.98 Å². The quantitative estimate of drug-likeness (QED) is 0.536. The summed E-state index contributed by atoms with van der Waals surface area (Å²) in [7, 11) is 0. The molecular weight excluding hydrogens is 370 g/mol. The normalized spacial score (nSPS) is 11.7. The average molecular weight is 392 g/mol. The van der Waals surface area contributed by atoms with Crippen molar-refractivity contribution in [3.63, 3.8) is 0 Å². The third-order valence-corrected chi connectivity index (χ3v) is 5.75. The molecule has 1 aromatic carbocycles. The van der Waals surface area contributed by atoms with Crippen molar-refractivity contribution >= 4 is 28.3 Å².